The van der Waals surface area contributed by atoms with Crippen LogP contribution in [0.25, 0.3) is 0 Å². The summed E-state index contributed by atoms with van der Waals surface area (Å²) < 4.78 is 0. The lowest BCUT2D eigenvalue weighted by Crippen LogP contribution is -2.72. The van der Waals surface area contributed by atoms with E-state index in [0.717, 1.165) is 5.56 Å². The Balaban J connectivity index is 1.69. The van der Waals surface area contributed by atoms with E-state index < -0.39 is 5.60 Å². The van der Waals surface area contributed by atoms with E-state index in [4.69, 9.17) is 5.41 Å². The van der Waals surface area contributed by atoms with Gasteiger partial charge in [-0.1, -0.05) is 30.3 Å². The van der Waals surface area contributed by atoms with Gasteiger partial charge >= 0.3 is 0 Å². The summed E-state index contributed by atoms with van der Waals surface area (Å²) in [5.41, 5.74) is 0.134. The maximum absolute atomic E-state index is 12.3. The van der Waals surface area contributed by atoms with Crippen LogP contribution in [0.1, 0.15) is 37.3 Å². The van der Waals surface area contributed by atoms with Crippen molar-refractivity contribution in [2.45, 2.75) is 37.3 Å². The summed E-state index contributed by atoms with van der Waals surface area (Å²) in [4.78, 5) is 12.3. The predicted molar refractivity (Wildman–Crippen MR) is 72.0 cm³/mol. The second kappa shape index (κ2) is 4.17. The van der Waals surface area contributed by atoms with Gasteiger partial charge in [-0.3, -0.25) is 4.79 Å². The third-order valence-electron chi connectivity index (χ3n) is 4.34. The van der Waals surface area contributed by atoms with Crippen LogP contribution in [-0.4, -0.2) is 22.8 Å². The Hall–Kier alpha value is -1.68. The summed E-state index contributed by atoms with van der Waals surface area (Å²) in [6.07, 6.45) is 3.61. The van der Waals surface area contributed by atoms with Crippen molar-refractivity contribution < 1.29 is 9.90 Å². The van der Waals surface area contributed by atoms with E-state index in [1.165, 1.54) is 6.21 Å². The number of aliphatic hydroxyl groups is 1. The van der Waals surface area contributed by atoms with Crippen LogP contribution >= 0.6 is 0 Å². The second-order valence-electron chi connectivity index (χ2n) is 5.91. The van der Waals surface area contributed by atoms with Crippen LogP contribution in [0.4, 0.5) is 0 Å². The minimum Gasteiger partial charge on any atom is -0.390 e. The molecule has 0 spiro atoms. The summed E-state index contributed by atoms with van der Waals surface area (Å²) in [6.45, 7) is 0. The first-order valence-corrected chi connectivity index (χ1v) is 6.64. The van der Waals surface area contributed by atoms with Crippen LogP contribution in [-0.2, 0) is 4.79 Å². The van der Waals surface area contributed by atoms with Gasteiger partial charge in [0.15, 0.2) is 0 Å². The minimum absolute atomic E-state index is 0.0270. The molecule has 3 saturated carbocycles. The van der Waals surface area contributed by atoms with Gasteiger partial charge in [-0.25, -0.2) is 0 Å². The summed E-state index contributed by atoms with van der Waals surface area (Å²) >= 11 is 0. The zero-order valence-electron chi connectivity index (χ0n) is 10.7. The fraction of sp³-hybridized carbons (Fsp3) is 0.467. The van der Waals surface area contributed by atoms with Crippen molar-refractivity contribution >= 4 is 12.1 Å². The molecule has 1 atom stereocenters. The Labute approximate surface area is 112 Å². The summed E-state index contributed by atoms with van der Waals surface area (Å²) in [6, 6.07) is 9.58. The standard InChI is InChI=1S/C15H18N2O2/c16-7-6-12(11-4-2-1-3-5-11)17-13(18)14-8-15(19,9-14)10-14/h1-5,7,12,16,19H,6,8-10H2,(H,17,18). The van der Waals surface area contributed by atoms with E-state index in [-0.39, 0.29) is 17.4 Å². The molecule has 4 heteroatoms. The molecule has 3 N–H and O–H groups in total. The third kappa shape index (κ3) is 1.96. The monoisotopic (exact) mass is 258 g/mol. The minimum atomic E-state index is -0.554. The molecule has 1 amide bonds. The molecular weight excluding hydrogens is 240 g/mol. The molecule has 4 nitrogen and oxygen atoms in total. The number of rotatable bonds is 5. The lowest BCUT2D eigenvalue weighted by Gasteiger charge is -2.66. The van der Waals surface area contributed by atoms with Gasteiger partial charge in [0.2, 0.25) is 5.91 Å². The molecule has 0 radical (unpaired) electrons. The first-order chi connectivity index (χ1) is 9.07. The van der Waals surface area contributed by atoms with E-state index in [2.05, 4.69) is 5.32 Å². The van der Waals surface area contributed by atoms with Crippen LogP contribution in [0.2, 0.25) is 0 Å². The van der Waals surface area contributed by atoms with E-state index >= 15 is 0 Å². The Morgan fingerprint density at radius 2 is 2.00 bits per heavy atom. The third-order valence-corrected chi connectivity index (χ3v) is 4.34. The van der Waals surface area contributed by atoms with Crippen LogP contribution in [0, 0.1) is 10.8 Å². The second-order valence-corrected chi connectivity index (χ2v) is 5.91. The smallest absolute Gasteiger partial charge is 0.227 e. The quantitative estimate of drug-likeness (QED) is 0.705. The summed E-state index contributed by atoms with van der Waals surface area (Å²) in [5, 5.41) is 20.0. The Morgan fingerprint density at radius 1 is 1.37 bits per heavy atom. The van der Waals surface area contributed by atoms with Crippen molar-refractivity contribution in [3.8, 4) is 0 Å². The van der Waals surface area contributed by atoms with Crippen LogP contribution in [0.15, 0.2) is 30.3 Å². The topological polar surface area (TPSA) is 73.2 Å². The molecule has 3 fully saturated rings. The van der Waals surface area contributed by atoms with Crippen molar-refractivity contribution in [1.29, 1.82) is 5.41 Å². The number of benzene rings is 1. The zero-order valence-corrected chi connectivity index (χ0v) is 10.7. The number of carbonyl (C=O) groups is 1. The number of carbonyl (C=O) groups excluding carboxylic acids is 1. The van der Waals surface area contributed by atoms with Crippen LogP contribution in [0.5, 0.6) is 0 Å². The SMILES string of the molecule is N=CCC(NC(=O)C12CC(O)(C1)C2)c1ccccc1. The van der Waals surface area contributed by atoms with E-state index in [1.54, 1.807) is 0 Å². The number of nitrogens with one attached hydrogen (secondary N) is 2. The Bertz CT molecular complexity index is 492. The molecule has 4 rings (SSSR count). The molecule has 0 aromatic heterocycles. The highest BCUT2D eigenvalue weighted by Crippen LogP contribution is 2.67. The molecule has 1 aromatic rings. The average molecular weight is 258 g/mol. The first-order valence-electron chi connectivity index (χ1n) is 6.64. The van der Waals surface area contributed by atoms with Crippen molar-refractivity contribution in [2.24, 2.45) is 5.41 Å². The molecule has 2 bridgehead atoms. The van der Waals surface area contributed by atoms with Gasteiger partial charge in [0.25, 0.3) is 0 Å². The highest BCUT2D eigenvalue weighted by atomic mass is 16.3. The van der Waals surface area contributed by atoms with E-state index in [0.29, 0.717) is 25.7 Å². The first kappa shape index (κ1) is 12.4. The molecule has 0 saturated heterocycles. The van der Waals surface area contributed by atoms with Crippen LogP contribution < -0.4 is 5.32 Å². The normalized spacial score (nSPS) is 32.7. The molecule has 1 aromatic carbocycles. The molecule has 100 valence electrons. The Morgan fingerprint density at radius 3 is 2.53 bits per heavy atom. The molecule has 1 unspecified atom stereocenters. The predicted octanol–water partition coefficient (Wildman–Crippen LogP) is 1.80. The van der Waals surface area contributed by atoms with Gasteiger partial charge < -0.3 is 15.8 Å². The molecule has 3 aliphatic rings. The maximum Gasteiger partial charge on any atom is 0.227 e. The van der Waals surface area contributed by atoms with E-state index in [1.807, 2.05) is 30.3 Å². The fourth-order valence-electron chi connectivity index (χ4n) is 3.37. The molecule has 3 aliphatic carbocycles. The number of amides is 1. The molecule has 0 heterocycles. The summed E-state index contributed by atoms with van der Waals surface area (Å²) in [7, 11) is 0. The van der Waals surface area contributed by atoms with Gasteiger partial charge in [0.1, 0.15) is 0 Å². The van der Waals surface area contributed by atoms with Crippen molar-refractivity contribution in [2.75, 3.05) is 0 Å². The van der Waals surface area contributed by atoms with Gasteiger partial charge in [0.05, 0.1) is 17.1 Å². The van der Waals surface area contributed by atoms with Crippen molar-refractivity contribution in [1.82, 2.24) is 5.32 Å². The van der Waals surface area contributed by atoms with E-state index in [9.17, 15) is 9.90 Å². The van der Waals surface area contributed by atoms with Crippen molar-refractivity contribution in [3.63, 3.8) is 0 Å². The van der Waals surface area contributed by atoms with Gasteiger partial charge in [0, 0.05) is 6.42 Å². The lowest BCUT2D eigenvalue weighted by atomic mass is 9.41. The molecular formula is C15H18N2O2. The average Bonchev–Trinajstić information content (AvgIpc) is 2.34. The molecule has 19 heavy (non-hydrogen) atoms. The fourth-order valence-corrected chi connectivity index (χ4v) is 3.37. The Kier molecular flexibility index (Phi) is 2.71. The van der Waals surface area contributed by atoms with Crippen molar-refractivity contribution in [3.05, 3.63) is 35.9 Å². The molecule has 0 aliphatic heterocycles. The summed E-state index contributed by atoms with van der Waals surface area (Å²) in [5.74, 6) is 0.0270. The van der Waals surface area contributed by atoms with Gasteiger partial charge in [-0.2, -0.15) is 0 Å². The van der Waals surface area contributed by atoms with Gasteiger partial charge in [-0.15, -0.1) is 0 Å². The number of hydrogen-bond acceptors (Lipinski definition) is 3. The highest BCUT2D eigenvalue weighted by Gasteiger charge is 2.71. The number of hydrogen-bond donors (Lipinski definition) is 3. The maximum atomic E-state index is 12.3. The zero-order chi connectivity index (χ0) is 13.5. The largest absolute Gasteiger partial charge is 0.390 e. The lowest BCUT2D eigenvalue weighted by molar-refractivity contribution is -0.250. The highest BCUT2D eigenvalue weighted by molar-refractivity contribution is 5.87. The van der Waals surface area contributed by atoms with Gasteiger partial charge in [-0.05, 0) is 31.0 Å². The van der Waals surface area contributed by atoms with Crippen LogP contribution in [0.3, 0.4) is 0 Å².